The number of rotatable bonds is 3. The summed E-state index contributed by atoms with van der Waals surface area (Å²) in [7, 11) is -1.22. The van der Waals surface area contributed by atoms with E-state index in [1.165, 1.54) is 0 Å². The molecule has 0 bridgehead atoms. The molecule has 1 aromatic rings. The van der Waals surface area contributed by atoms with E-state index in [9.17, 15) is 4.79 Å². The van der Waals surface area contributed by atoms with Gasteiger partial charge in [-0.3, -0.25) is 4.79 Å². The van der Waals surface area contributed by atoms with Crippen molar-refractivity contribution in [3.63, 3.8) is 0 Å². The zero-order chi connectivity index (χ0) is 9.68. The van der Waals surface area contributed by atoms with Gasteiger partial charge in [-0.15, -0.1) is 0 Å². The SMILES string of the molecule is C[SiH](C)OC(=O)Cc1ccccc1. The predicted octanol–water partition coefficient (Wildman–Crippen LogP) is 1.76. The van der Waals surface area contributed by atoms with Crippen LogP contribution in [0.4, 0.5) is 0 Å². The smallest absolute Gasteiger partial charge is 0.296 e. The van der Waals surface area contributed by atoms with Crippen LogP contribution in [0.2, 0.25) is 13.1 Å². The maximum Gasteiger partial charge on any atom is 0.296 e. The van der Waals surface area contributed by atoms with E-state index in [1.54, 1.807) is 0 Å². The van der Waals surface area contributed by atoms with Crippen LogP contribution in [0.5, 0.6) is 0 Å². The molecule has 0 aliphatic rings. The first-order valence-corrected chi connectivity index (χ1v) is 7.20. The van der Waals surface area contributed by atoms with Gasteiger partial charge in [0.05, 0.1) is 6.42 Å². The first-order valence-electron chi connectivity index (χ1n) is 4.42. The topological polar surface area (TPSA) is 26.3 Å². The van der Waals surface area contributed by atoms with Crippen molar-refractivity contribution in [2.24, 2.45) is 0 Å². The van der Waals surface area contributed by atoms with Gasteiger partial charge in [-0.1, -0.05) is 30.3 Å². The third-order valence-corrected chi connectivity index (χ3v) is 2.29. The molecule has 0 spiro atoms. The van der Waals surface area contributed by atoms with Gasteiger partial charge in [0.2, 0.25) is 9.04 Å². The summed E-state index contributed by atoms with van der Waals surface area (Å²) in [6.45, 7) is 3.98. The minimum atomic E-state index is -1.22. The fourth-order valence-electron chi connectivity index (χ4n) is 1.07. The predicted molar refractivity (Wildman–Crippen MR) is 55.1 cm³/mol. The van der Waals surface area contributed by atoms with Crippen LogP contribution >= 0.6 is 0 Å². The molecule has 0 amide bonds. The highest BCUT2D eigenvalue weighted by atomic mass is 28.3. The molecule has 0 heterocycles. The van der Waals surface area contributed by atoms with Gasteiger partial charge in [-0.05, 0) is 18.7 Å². The summed E-state index contributed by atoms with van der Waals surface area (Å²) in [5.41, 5.74) is 1.02. The van der Waals surface area contributed by atoms with Crippen LogP contribution in [0.3, 0.4) is 0 Å². The van der Waals surface area contributed by atoms with Gasteiger partial charge in [0, 0.05) is 0 Å². The molecule has 1 aromatic carbocycles. The minimum absolute atomic E-state index is 0.104. The van der Waals surface area contributed by atoms with Crippen LogP contribution in [0.15, 0.2) is 30.3 Å². The van der Waals surface area contributed by atoms with Gasteiger partial charge in [0.25, 0.3) is 5.97 Å². The summed E-state index contributed by atoms with van der Waals surface area (Å²) in [6.07, 6.45) is 0.395. The molecule has 0 fully saturated rings. The van der Waals surface area contributed by atoms with E-state index in [0.29, 0.717) is 6.42 Å². The summed E-state index contributed by atoms with van der Waals surface area (Å²) in [6, 6.07) is 9.66. The van der Waals surface area contributed by atoms with Crippen LogP contribution in [0.25, 0.3) is 0 Å². The molecular weight excluding hydrogens is 180 g/mol. The zero-order valence-electron chi connectivity index (χ0n) is 7.99. The van der Waals surface area contributed by atoms with Crippen molar-refractivity contribution in [2.45, 2.75) is 19.5 Å². The fraction of sp³-hybridized carbons (Fsp3) is 0.300. The van der Waals surface area contributed by atoms with Crippen LogP contribution in [-0.4, -0.2) is 15.0 Å². The number of hydrogen-bond donors (Lipinski definition) is 0. The Morgan fingerprint density at radius 2 is 1.92 bits per heavy atom. The van der Waals surface area contributed by atoms with Crippen molar-refractivity contribution in [1.82, 2.24) is 0 Å². The second-order valence-corrected chi connectivity index (χ2v) is 5.53. The molecule has 13 heavy (non-hydrogen) atoms. The van der Waals surface area contributed by atoms with E-state index >= 15 is 0 Å². The Kier molecular flexibility index (Phi) is 3.70. The lowest BCUT2D eigenvalue weighted by molar-refractivity contribution is -0.133. The van der Waals surface area contributed by atoms with Crippen molar-refractivity contribution in [1.29, 1.82) is 0 Å². The average Bonchev–Trinajstić information content (AvgIpc) is 2.04. The Morgan fingerprint density at radius 1 is 1.31 bits per heavy atom. The molecule has 0 saturated carbocycles. The Bertz CT molecular complexity index is 270. The van der Waals surface area contributed by atoms with Gasteiger partial charge in [-0.2, -0.15) is 0 Å². The first kappa shape index (κ1) is 9.99. The largest absolute Gasteiger partial charge is 0.522 e. The summed E-state index contributed by atoms with van der Waals surface area (Å²) in [5, 5.41) is 0. The van der Waals surface area contributed by atoms with Crippen molar-refractivity contribution >= 4 is 15.0 Å². The summed E-state index contributed by atoms with van der Waals surface area (Å²) < 4.78 is 5.15. The van der Waals surface area contributed by atoms with Crippen LogP contribution in [0.1, 0.15) is 5.56 Å². The van der Waals surface area contributed by atoms with E-state index in [4.69, 9.17) is 4.43 Å². The van der Waals surface area contributed by atoms with Crippen molar-refractivity contribution < 1.29 is 9.22 Å². The number of carbonyl (C=O) groups excluding carboxylic acids is 1. The van der Waals surface area contributed by atoms with E-state index in [2.05, 4.69) is 0 Å². The normalized spacial score (nSPS) is 10.1. The van der Waals surface area contributed by atoms with Gasteiger partial charge in [0.15, 0.2) is 0 Å². The Balaban J connectivity index is 2.46. The third kappa shape index (κ3) is 3.89. The van der Waals surface area contributed by atoms with Crippen molar-refractivity contribution in [2.75, 3.05) is 0 Å². The highest BCUT2D eigenvalue weighted by Gasteiger charge is 2.06. The zero-order valence-corrected chi connectivity index (χ0v) is 9.14. The molecule has 0 unspecified atom stereocenters. The average molecular weight is 194 g/mol. The van der Waals surface area contributed by atoms with E-state index in [1.807, 2.05) is 43.4 Å². The van der Waals surface area contributed by atoms with E-state index < -0.39 is 9.04 Å². The third-order valence-electron chi connectivity index (χ3n) is 1.56. The van der Waals surface area contributed by atoms with Gasteiger partial charge < -0.3 is 4.43 Å². The lowest BCUT2D eigenvalue weighted by Gasteiger charge is -2.06. The van der Waals surface area contributed by atoms with Gasteiger partial charge in [-0.25, -0.2) is 0 Å². The van der Waals surface area contributed by atoms with Gasteiger partial charge in [0.1, 0.15) is 0 Å². The van der Waals surface area contributed by atoms with Crippen LogP contribution in [-0.2, 0) is 15.6 Å². The van der Waals surface area contributed by atoms with Crippen LogP contribution < -0.4 is 0 Å². The molecule has 70 valence electrons. The maximum atomic E-state index is 11.2. The molecule has 0 radical (unpaired) electrons. The Labute approximate surface area is 80.3 Å². The second-order valence-electron chi connectivity index (χ2n) is 3.20. The Morgan fingerprint density at radius 3 is 2.46 bits per heavy atom. The molecule has 0 saturated heterocycles. The summed E-state index contributed by atoms with van der Waals surface area (Å²) in [5.74, 6) is -0.104. The lowest BCUT2D eigenvalue weighted by atomic mass is 10.2. The first-order chi connectivity index (χ1) is 6.18. The molecule has 0 aromatic heterocycles. The van der Waals surface area contributed by atoms with E-state index in [0.717, 1.165) is 5.56 Å². The Hall–Kier alpha value is -1.09. The number of benzene rings is 1. The highest BCUT2D eigenvalue weighted by Crippen LogP contribution is 2.01. The molecule has 1 rings (SSSR count). The van der Waals surface area contributed by atoms with Gasteiger partial charge >= 0.3 is 0 Å². The fourth-order valence-corrected chi connectivity index (χ4v) is 1.68. The van der Waals surface area contributed by atoms with Crippen molar-refractivity contribution in [3.05, 3.63) is 35.9 Å². The molecule has 3 heteroatoms. The number of carbonyl (C=O) groups is 1. The number of hydrogen-bond acceptors (Lipinski definition) is 2. The monoisotopic (exact) mass is 194 g/mol. The molecular formula is C10H14O2Si. The highest BCUT2D eigenvalue weighted by molar-refractivity contribution is 6.50. The molecule has 2 nitrogen and oxygen atoms in total. The second kappa shape index (κ2) is 4.82. The van der Waals surface area contributed by atoms with Crippen molar-refractivity contribution in [3.8, 4) is 0 Å². The standard InChI is InChI=1S/C10H14O2Si/c1-13(2)12-10(11)8-9-6-4-3-5-7-9/h3-7,13H,8H2,1-2H3. The molecule has 0 aliphatic carbocycles. The molecule has 0 aliphatic heterocycles. The lowest BCUT2D eigenvalue weighted by Crippen LogP contribution is -2.16. The maximum absolute atomic E-state index is 11.2. The molecule has 0 atom stereocenters. The van der Waals surface area contributed by atoms with E-state index in [-0.39, 0.29) is 5.97 Å². The minimum Gasteiger partial charge on any atom is -0.522 e. The van der Waals surface area contributed by atoms with Crippen LogP contribution in [0, 0.1) is 0 Å². The summed E-state index contributed by atoms with van der Waals surface area (Å²) in [4.78, 5) is 11.2. The molecule has 0 N–H and O–H groups in total. The quantitative estimate of drug-likeness (QED) is 0.685. The summed E-state index contributed by atoms with van der Waals surface area (Å²) >= 11 is 0.